The first-order valence-corrected chi connectivity index (χ1v) is 7.28. The lowest BCUT2D eigenvalue weighted by Gasteiger charge is -2.09. The van der Waals surface area contributed by atoms with Crippen molar-refractivity contribution in [2.24, 2.45) is 0 Å². The summed E-state index contributed by atoms with van der Waals surface area (Å²) in [5.74, 6) is 0.576. The van der Waals surface area contributed by atoms with Crippen LogP contribution >= 0.6 is 15.9 Å². The Morgan fingerprint density at radius 3 is 2.60 bits per heavy atom. The number of fused-ring (bicyclic) bond motifs is 1. The molecule has 3 aromatic rings. The van der Waals surface area contributed by atoms with Crippen LogP contribution in [0.4, 0.5) is 0 Å². The molecule has 0 fully saturated rings. The van der Waals surface area contributed by atoms with Gasteiger partial charge in [0.15, 0.2) is 0 Å². The van der Waals surface area contributed by atoms with Crippen LogP contribution < -0.4 is 0 Å². The molecule has 2 aromatic carbocycles. The molecule has 102 valence electrons. The third kappa shape index (κ3) is 2.39. The number of hydrogen-bond donors (Lipinski definition) is 1. The van der Waals surface area contributed by atoms with Gasteiger partial charge in [0.1, 0.15) is 17.4 Å². The first kappa shape index (κ1) is 13.4. The number of halogens is 1. The van der Waals surface area contributed by atoms with E-state index in [0.717, 1.165) is 32.1 Å². The fraction of sp³-hybridized carbons (Fsp3) is 0.176. The summed E-state index contributed by atoms with van der Waals surface area (Å²) in [6, 6.07) is 13.8. The normalized spacial score (nSPS) is 12.8. The van der Waals surface area contributed by atoms with Crippen molar-refractivity contribution in [3.8, 4) is 0 Å². The van der Waals surface area contributed by atoms with Crippen LogP contribution in [-0.4, -0.2) is 5.11 Å². The second-order valence-corrected chi connectivity index (χ2v) is 6.02. The lowest BCUT2D eigenvalue weighted by atomic mass is 10.0. The van der Waals surface area contributed by atoms with E-state index in [1.807, 2.05) is 56.3 Å². The Labute approximate surface area is 126 Å². The minimum atomic E-state index is -0.752. The van der Waals surface area contributed by atoms with Gasteiger partial charge >= 0.3 is 0 Å². The summed E-state index contributed by atoms with van der Waals surface area (Å²) < 4.78 is 6.79. The Hall–Kier alpha value is -1.58. The zero-order valence-corrected chi connectivity index (χ0v) is 12.9. The molecule has 3 rings (SSSR count). The molecular formula is C17H15BrO2. The smallest absolute Gasteiger partial charge is 0.138 e. The molecule has 20 heavy (non-hydrogen) atoms. The predicted molar refractivity (Wildman–Crippen MR) is 83.9 cm³/mol. The second-order valence-electron chi connectivity index (χ2n) is 5.11. The van der Waals surface area contributed by atoms with Crippen molar-refractivity contribution in [3.63, 3.8) is 0 Å². The zero-order chi connectivity index (χ0) is 14.3. The Bertz CT molecular complexity index is 754. The molecule has 1 atom stereocenters. The molecule has 1 heterocycles. The van der Waals surface area contributed by atoms with E-state index in [1.54, 1.807) is 0 Å². The average Bonchev–Trinajstić information content (AvgIpc) is 2.82. The highest BCUT2D eigenvalue weighted by molar-refractivity contribution is 9.10. The molecule has 0 spiro atoms. The standard InChI is InChI=1S/C17H15BrO2/c1-10-6-13(8-14(18)7-10)16(19)15-9-12-5-3-4-11(2)17(12)20-15/h3-9,16,19H,1-2H3. The lowest BCUT2D eigenvalue weighted by molar-refractivity contribution is 0.192. The largest absolute Gasteiger partial charge is 0.458 e. The van der Waals surface area contributed by atoms with E-state index in [4.69, 9.17) is 4.42 Å². The van der Waals surface area contributed by atoms with Crippen molar-refractivity contribution in [2.75, 3.05) is 0 Å². The number of benzene rings is 2. The van der Waals surface area contributed by atoms with E-state index in [1.165, 1.54) is 0 Å². The topological polar surface area (TPSA) is 33.4 Å². The fourth-order valence-electron chi connectivity index (χ4n) is 2.45. The first-order valence-electron chi connectivity index (χ1n) is 6.49. The highest BCUT2D eigenvalue weighted by Crippen LogP contribution is 2.31. The van der Waals surface area contributed by atoms with Gasteiger partial charge in [0, 0.05) is 9.86 Å². The summed E-state index contributed by atoms with van der Waals surface area (Å²) in [4.78, 5) is 0. The minimum Gasteiger partial charge on any atom is -0.458 e. The van der Waals surface area contributed by atoms with Gasteiger partial charge in [-0.1, -0.05) is 40.2 Å². The van der Waals surface area contributed by atoms with E-state index < -0.39 is 6.10 Å². The Morgan fingerprint density at radius 2 is 1.90 bits per heavy atom. The van der Waals surface area contributed by atoms with Gasteiger partial charge in [-0.15, -0.1) is 0 Å². The highest BCUT2D eigenvalue weighted by Gasteiger charge is 2.17. The van der Waals surface area contributed by atoms with Crippen molar-refractivity contribution in [2.45, 2.75) is 20.0 Å². The number of aliphatic hydroxyl groups excluding tert-OH is 1. The summed E-state index contributed by atoms with van der Waals surface area (Å²) in [5.41, 5.74) is 3.84. The van der Waals surface area contributed by atoms with E-state index in [0.29, 0.717) is 5.76 Å². The summed E-state index contributed by atoms with van der Waals surface area (Å²) in [7, 11) is 0. The average molecular weight is 331 g/mol. The Morgan fingerprint density at radius 1 is 1.10 bits per heavy atom. The van der Waals surface area contributed by atoms with Crippen LogP contribution in [-0.2, 0) is 0 Å². The van der Waals surface area contributed by atoms with Crippen LogP contribution in [0.15, 0.2) is 51.4 Å². The number of rotatable bonds is 2. The van der Waals surface area contributed by atoms with Crippen LogP contribution in [0.5, 0.6) is 0 Å². The number of para-hydroxylation sites is 1. The lowest BCUT2D eigenvalue weighted by Crippen LogP contribution is -1.98. The molecule has 3 heteroatoms. The van der Waals surface area contributed by atoms with Gasteiger partial charge in [-0.05, 0) is 48.7 Å². The maximum absolute atomic E-state index is 10.5. The third-order valence-electron chi connectivity index (χ3n) is 3.41. The van der Waals surface area contributed by atoms with Gasteiger partial charge < -0.3 is 9.52 Å². The molecule has 0 aliphatic rings. The van der Waals surface area contributed by atoms with Gasteiger partial charge in [0.05, 0.1) is 0 Å². The van der Waals surface area contributed by atoms with E-state index in [-0.39, 0.29) is 0 Å². The summed E-state index contributed by atoms with van der Waals surface area (Å²) in [6.07, 6.45) is -0.752. The highest BCUT2D eigenvalue weighted by atomic mass is 79.9. The molecule has 1 unspecified atom stereocenters. The molecule has 0 bridgehead atoms. The second kappa shape index (κ2) is 5.08. The molecule has 0 aliphatic carbocycles. The number of hydrogen-bond acceptors (Lipinski definition) is 2. The Kier molecular flexibility index (Phi) is 3.40. The molecule has 0 radical (unpaired) electrons. The molecular weight excluding hydrogens is 316 g/mol. The fourth-order valence-corrected chi connectivity index (χ4v) is 3.08. The molecule has 1 N–H and O–H groups in total. The molecule has 0 saturated carbocycles. The number of aryl methyl sites for hydroxylation is 2. The Balaban J connectivity index is 2.07. The van der Waals surface area contributed by atoms with Crippen molar-refractivity contribution < 1.29 is 9.52 Å². The van der Waals surface area contributed by atoms with Gasteiger partial charge in [-0.25, -0.2) is 0 Å². The quantitative estimate of drug-likeness (QED) is 0.725. The SMILES string of the molecule is Cc1cc(Br)cc(C(O)c2cc3cccc(C)c3o2)c1. The van der Waals surface area contributed by atoms with Crippen LogP contribution in [0.1, 0.15) is 28.6 Å². The van der Waals surface area contributed by atoms with E-state index in [2.05, 4.69) is 15.9 Å². The minimum absolute atomic E-state index is 0.576. The predicted octanol–water partition coefficient (Wildman–Crippen LogP) is 4.89. The van der Waals surface area contributed by atoms with Gasteiger partial charge in [0.25, 0.3) is 0 Å². The third-order valence-corrected chi connectivity index (χ3v) is 3.87. The molecule has 0 amide bonds. The van der Waals surface area contributed by atoms with Crippen LogP contribution in [0.2, 0.25) is 0 Å². The van der Waals surface area contributed by atoms with Crippen molar-refractivity contribution >= 4 is 26.9 Å². The summed E-state index contributed by atoms with van der Waals surface area (Å²) >= 11 is 3.46. The van der Waals surface area contributed by atoms with Crippen LogP contribution in [0.25, 0.3) is 11.0 Å². The molecule has 1 aromatic heterocycles. The molecule has 0 aliphatic heterocycles. The maximum Gasteiger partial charge on any atom is 0.138 e. The summed E-state index contributed by atoms with van der Waals surface area (Å²) in [5, 5.41) is 11.5. The zero-order valence-electron chi connectivity index (χ0n) is 11.4. The van der Waals surface area contributed by atoms with E-state index in [9.17, 15) is 5.11 Å². The molecule has 2 nitrogen and oxygen atoms in total. The van der Waals surface area contributed by atoms with Gasteiger partial charge in [-0.2, -0.15) is 0 Å². The van der Waals surface area contributed by atoms with Crippen molar-refractivity contribution in [1.82, 2.24) is 0 Å². The number of aliphatic hydroxyl groups is 1. The van der Waals surface area contributed by atoms with Crippen molar-refractivity contribution in [3.05, 3.63) is 69.4 Å². The molecule has 0 saturated heterocycles. The summed E-state index contributed by atoms with van der Waals surface area (Å²) in [6.45, 7) is 4.01. The first-order chi connectivity index (χ1) is 9.54. The van der Waals surface area contributed by atoms with Crippen molar-refractivity contribution in [1.29, 1.82) is 0 Å². The monoisotopic (exact) mass is 330 g/mol. The van der Waals surface area contributed by atoms with Crippen LogP contribution in [0, 0.1) is 13.8 Å². The maximum atomic E-state index is 10.5. The van der Waals surface area contributed by atoms with Gasteiger partial charge in [0.2, 0.25) is 0 Å². The number of furan rings is 1. The van der Waals surface area contributed by atoms with Gasteiger partial charge in [-0.3, -0.25) is 0 Å². The van der Waals surface area contributed by atoms with Crippen LogP contribution in [0.3, 0.4) is 0 Å². The van der Waals surface area contributed by atoms with E-state index >= 15 is 0 Å².